The van der Waals surface area contributed by atoms with Crippen molar-refractivity contribution in [2.75, 3.05) is 35.0 Å². The fourth-order valence-electron chi connectivity index (χ4n) is 11.7. The number of aliphatic hydroxyl groups excluding tert-OH is 7. The number of rotatable bonds is 15. The molecule has 0 spiro atoms. The Labute approximate surface area is 477 Å². The second-order valence-electron chi connectivity index (χ2n) is 23.4. The summed E-state index contributed by atoms with van der Waals surface area (Å²) in [6.07, 6.45) is -11.8. The van der Waals surface area contributed by atoms with Gasteiger partial charge in [-0.05, 0) is 99.8 Å². The molecule has 22 nitrogen and oxygen atoms in total. The van der Waals surface area contributed by atoms with E-state index in [1.807, 2.05) is 45.9 Å². The minimum absolute atomic E-state index is 0.0661. The summed E-state index contributed by atoms with van der Waals surface area (Å²) in [7, 11) is 5.64. The Morgan fingerprint density at radius 3 is 1.98 bits per heavy atom. The number of allylic oxidation sites excluding steroid dienone is 7. The van der Waals surface area contributed by atoms with Crippen molar-refractivity contribution in [2.24, 2.45) is 11.8 Å². The highest BCUT2D eigenvalue weighted by Gasteiger charge is 2.64. The average molecular weight is 1160 g/mol. The fourth-order valence-corrected chi connectivity index (χ4v) is 11.7. The lowest BCUT2D eigenvalue weighted by Crippen LogP contribution is -2.74. The van der Waals surface area contributed by atoms with Crippen LogP contribution in [-0.4, -0.2) is 220 Å². The van der Waals surface area contributed by atoms with Gasteiger partial charge in [0.1, 0.15) is 60.2 Å². The first kappa shape index (κ1) is 68.7. The number of carbonyl (C=O) groups excluding carboxylic acids is 1. The minimum Gasteiger partial charge on any atom is -0.497 e. The Hall–Kier alpha value is -3.05. The van der Waals surface area contributed by atoms with E-state index in [0.717, 1.165) is 11.1 Å². The molecule has 0 aromatic rings. The van der Waals surface area contributed by atoms with E-state index < -0.39 is 151 Å². The maximum Gasteiger partial charge on any atom is 0.334 e. The molecule has 5 heterocycles. The van der Waals surface area contributed by atoms with Gasteiger partial charge in [-0.1, -0.05) is 54.9 Å². The smallest absolute Gasteiger partial charge is 0.334 e. The molecule has 5 aliphatic heterocycles. The Morgan fingerprint density at radius 2 is 1.37 bits per heavy atom. The van der Waals surface area contributed by atoms with E-state index in [1.165, 1.54) is 48.4 Å². The van der Waals surface area contributed by atoms with Crippen molar-refractivity contribution < 1.29 is 108 Å². The molecule has 22 heteroatoms. The molecule has 4 saturated heterocycles. The Bertz CT molecular complexity index is 2230. The number of cyclic esters (lactones) is 1. The number of methoxy groups -OCH3 is 4. The molecule has 81 heavy (non-hydrogen) atoms. The van der Waals surface area contributed by atoms with E-state index in [4.69, 9.17) is 56.8 Å². The molecule has 5 aliphatic rings. The molecular formula is C59H96O22. The van der Waals surface area contributed by atoms with Gasteiger partial charge in [0.15, 0.2) is 18.9 Å². The topological polar surface area (TPSA) is 310 Å². The van der Waals surface area contributed by atoms with Crippen LogP contribution in [0.25, 0.3) is 0 Å². The average Bonchev–Trinajstić information content (AvgIpc) is 3.57. The molecule has 464 valence electrons. The maximum atomic E-state index is 14.4. The summed E-state index contributed by atoms with van der Waals surface area (Å²) in [6.45, 7) is 20.5. The zero-order chi connectivity index (χ0) is 60.6. The van der Waals surface area contributed by atoms with Gasteiger partial charge in [0.05, 0.1) is 67.5 Å². The molecule has 0 bridgehead atoms. The number of hydrogen-bond acceptors (Lipinski definition) is 22. The van der Waals surface area contributed by atoms with Crippen LogP contribution in [0.3, 0.4) is 0 Å². The Kier molecular flexibility index (Phi) is 24.9. The SMILES string of the molecule is COCCCC1OC(O)(C(C)C2CC(OC)C(O)C=C(C)C=C(C)C=C(C)C(OC3OC(C)C(O)C(O)C3O)C(C)C=C(C)C=C(OC)C=C(C)C(=O)O2)C(OC)C(O)C1(C)OC1CC(O)C(OC2CC(C)(O)C(O)C(C)O2)C(C)O1. The van der Waals surface area contributed by atoms with Crippen LogP contribution in [0.4, 0.5) is 0 Å². The van der Waals surface area contributed by atoms with Gasteiger partial charge < -0.3 is 103 Å². The van der Waals surface area contributed by atoms with Gasteiger partial charge in [-0.3, -0.25) is 0 Å². The lowest BCUT2D eigenvalue weighted by Gasteiger charge is -2.57. The van der Waals surface area contributed by atoms with E-state index in [2.05, 4.69) is 0 Å². The lowest BCUT2D eigenvalue weighted by molar-refractivity contribution is -0.416. The fraction of sp³-hybridized carbons (Fsp3) is 0.780. The molecule has 24 unspecified atom stereocenters. The molecule has 0 amide bonds. The number of aliphatic hydroxyl groups is 9. The van der Waals surface area contributed by atoms with Crippen molar-refractivity contribution in [2.45, 2.75) is 249 Å². The molecule has 0 aromatic carbocycles. The number of carbonyl (C=O) groups is 1. The second-order valence-corrected chi connectivity index (χ2v) is 23.4. The minimum atomic E-state index is -2.44. The summed E-state index contributed by atoms with van der Waals surface area (Å²) in [4.78, 5) is 14.4. The van der Waals surface area contributed by atoms with Crippen molar-refractivity contribution in [3.8, 4) is 0 Å². The maximum absolute atomic E-state index is 14.4. The van der Waals surface area contributed by atoms with E-state index in [-0.39, 0.29) is 43.6 Å². The molecule has 24 atom stereocenters. The van der Waals surface area contributed by atoms with E-state index >= 15 is 0 Å². The summed E-state index contributed by atoms with van der Waals surface area (Å²) in [5.74, 6) is -4.64. The summed E-state index contributed by atoms with van der Waals surface area (Å²) in [6, 6.07) is 0. The molecular weight excluding hydrogens is 1060 g/mol. The van der Waals surface area contributed by atoms with Crippen molar-refractivity contribution in [1.82, 2.24) is 0 Å². The highest BCUT2D eigenvalue weighted by molar-refractivity contribution is 5.88. The zero-order valence-corrected chi connectivity index (χ0v) is 50.2. The third kappa shape index (κ3) is 16.7. The monoisotopic (exact) mass is 1160 g/mol. The van der Waals surface area contributed by atoms with Gasteiger partial charge in [-0.2, -0.15) is 0 Å². The number of esters is 1. The lowest BCUT2D eigenvalue weighted by atomic mass is 9.75. The first-order chi connectivity index (χ1) is 37.8. The highest BCUT2D eigenvalue weighted by Crippen LogP contribution is 2.47. The van der Waals surface area contributed by atoms with Crippen LogP contribution in [0.2, 0.25) is 0 Å². The van der Waals surface area contributed by atoms with Crippen molar-refractivity contribution in [1.29, 1.82) is 0 Å². The molecule has 9 N–H and O–H groups in total. The largest absolute Gasteiger partial charge is 0.497 e. The summed E-state index contributed by atoms with van der Waals surface area (Å²) in [5, 5.41) is 102. The standard InChI is InChI=1S/C59H96O22/c1-29-20-30(2)24-40(60)43(72-15)27-42(77-55(67)34(6)25-39(71-14)23-31(3)22-33(5)50(32(4)21-29)79-56-49(64)48(63)47(62)36(8)76-56)35(7)59(69)54(73-16)53(66)58(12,44(80-59)18-17-19-70-13)81-45-26-41(61)51(37(9)74-45)78-46-28-57(11,68)52(65)38(10)75-46/h20-25,33,35-38,40-54,56,60-66,68-69H,17-19,26-28H2,1-16H3. The van der Waals surface area contributed by atoms with Crippen LogP contribution in [0.1, 0.15) is 115 Å². The van der Waals surface area contributed by atoms with Gasteiger partial charge >= 0.3 is 5.97 Å². The number of ether oxygens (including phenoxy) is 12. The molecule has 4 fully saturated rings. The van der Waals surface area contributed by atoms with Gasteiger partial charge in [-0.25, -0.2) is 4.79 Å². The second kappa shape index (κ2) is 29.4. The van der Waals surface area contributed by atoms with Crippen LogP contribution in [0.15, 0.2) is 70.1 Å². The molecule has 0 radical (unpaired) electrons. The van der Waals surface area contributed by atoms with E-state index in [0.29, 0.717) is 17.6 Å². The molecule has 0 aromatic heterocycles. The predicted molar refractivity (Wildman–Crippen MR) is 293 cm³/mol. The van der Waals surface area contributed by atoms with Gasteiger partial charge in [0.25, 0.3) is 0 Å². The molecule has 0 aliphatic carbocycles. The van der Waals surface area contributed by atoms with Crippen LogP contribution in [0, 0.1) is 11.8 Å². The quantitative estimate of drug-likeness (QED) is 0.0840. The molecule has 5 rings (SSSR count). The van der Waals surface area contributed by atoms with Gasteiger partial charge in [0, 0.05) is 58.7 Å². The predicted octanol–water partition coefficient (Wildman–Crippen LogP) is 3.22. The Morgan fingerprint density at radius 1 is 0.716 bits per heavy atom. The third-order valence-electron chi connectivity index (χ3n) is 16.5. The van der Waals surface area contributed by atoms with Crippen LogP contribution in [0.5, 0.6) is 0 Å². The summed E-state index contributed by atoms with van der Waals surface area (Å²) >= 11 is 0. The van der Waals surface area contributed by atoms with Crippen LogP contribution < -0.4 is 0 Å². The van der Waals surface area contributed by atoms with Gasteiger partial charge in [-0.15, -0.1) is 0 Å². The van der Waals surface area contributed by atoms with Crippen molar-refractivity contribution in [3.63, 3.8) is 0 Å². The molecule has 0 saturated carbocycles. The van der Waals surface area contributed by atoms with Gasteiger partial charge in [0.2, 0.25) is 5.79 Å². The summed E-state index contributed by atoms with van der Waals surface area (Å²) in [5.41, 5.74) is -0.327. The number of hydrogen-bond donors (Lipinski definition) is 9. The first-order valence-electron chi connectivity index (χ1n) is 28.1. The highest BCUT2D eigenvalue weighted by atomic mass is 16.7. The Balaban J connectivity index is 1.49. The van der Waals surface area contributed by atoms with E-state index in [1.54, 1.807) is 53.7 Å². The van der Waals surface area contributed by atoms with Crippen LogP contribution >= 0.6 is 0 Å². The van der Waals surface area contributed by atoms with Crippen molar-refractivity contribution in [3.05, 3.63) is 70.1 Å². The van der Waals surface area contributed by atoms with Crippen LogP contribution in [-0.2, 0) is 61.6 Å². The summed E-state index contributed by atoms with van der Waals surface area (Å²) < 4.78 is 73.2. The third-order valence-corrected chi connectivity index (χ3v) is 16.5. The first-order valence-corrected chi connectivity index (χ1v) is 28.1. The van der Waals surface area contributed by atoms with Crippen molar-refractivity contribution >= 4 is 5.97 Å². The zero-order valence-electron chi connectivity index (χ0n) is 50.2. The van der Waals surface area contributed by atoms with E-state index in [9.17, 15) is 50.8 Å². The normalized spacial score (nSPS) is 43.4.